The standard InChI is InChI=1S/C17H24FN5O2/c1-21-15(13(18)7-19)17(25)5-10-3-9(4-11(10)6-17)14-12(8-24)16(20)23(2)22-14/h7-11,25H,3-6,19-20H2,1-2H3/b13-7+,21-15?. The SMILES string of the molecule is CN=C(/C(F)=C\N)C1(O)CC2CC(c3nn(C)c(N)c3C=O)CC2C1. The largest absolute Gasteiger partial charge is 0.402 e. The molecule has 25 heavy (non-hydrogen) atoms. The molecule has 7 nitrogen and oxygen atoms in total. The Labute approximate surface area is 145 Å². The van der Waals surface area contributed by atoms with E-state index in [0.717, 1.165) is 31.0 Å². The number of aliphatic imine (C=N–C) groups is 1. The van der Waals surface area contributed by atoms with E-state index in [-0.39, 0.29) is 23.5 Å². The number of fused-ring (bicyclic) bond motifs is 1. The maximum absolute atomic E-state index is 13.9. The highest BCUT2D eigenvalue weighted by atomic mass is 19.1. The molecule has 1 heterocycles. The van der Waals surface area contributed by atoms with Gasteiger partial charge < -0.3 is 16.6 Å². The van der Waals surface area contributed by atoms with Gasteiger partial charge in [0.2, 0.25) is 0 Å². The number of nitrogen functional groups attached to an aromatic ring is 1. The lowest BCUT2D eigenvalue weighted by Gasteiger charge is -2.25. The molecule has 1 aromatic heterocycles. The summed E-state index contributed by atoms with van der Waals surface area (Å²) in [5.41, 5.74) is 11.1. The van der Waals surface area contributed by atoms with E-state index in [9.17, 15) is 14.3 Å². The van der Waals surface area contributed by atoms with E-state index in [1.54, 1.807) is 7.05 Å². The van der Waals surface area contributed by atoms with Crippen molar-refractivity contribution in [2.75, 3.05) is 12.8 Å². The number of halogens is 1. The minimum Gasteiger partial charge on any atom is -0.402 e. The maximum Gasteiger partial charge on any atom is 0.162 e. The van der Waals surface area contributed by atoms with Crippen LogP contribution in [-0.2, 0) is 7.05 Å². The Hall–Kier alpha value is -2.22. The summed E-state index contributed by atoms with van der Waals surface area (Å²) < 4.78 is 15.5. The number of hydrogen-bond acceptors (Lipinski definition) is 6. The van der Waals surface area contributed by atoms with E-state index in [1.807, 2.05) is 0 Å². The molecular formula is C17H24FN5O2. The van der Waals surface area contributed by atoms with Gasteiger partial charge in [0.25, 0.3) is 0 Å². The van der Waals surface area contributed by atoms with Gasteiger partial charge in [-0.05, 0) is 37.5 Å². The number of carbonyl (C=O) groups excluding carboxylic acids is 1. The zero-order valence-corrected chi connectivity index (χ0v) is 14.4. The molecule has 0 saturated heterocycles. The molecule has 136 valence electrons. The summed E-state index contributed by atoms with van der Waals surface area (Å²) in [6.45, 7) is 0. The molecule has 0 amide bonds. The lowest BCUT2D eigenvalue weighted by molar-refractivity contribution is 0.107. The number of anilines is 1. The van der Waals surface area contributed by atoms with Gasteiger partial charge in [0, 0.05) is 26.2 Å². The first-order valence-electron chi connectivity index (χ1n) is 8.39. The highest BCUT2D eigenvalue weighted by molar-refractivity contribution is 6.04. The summed E-state index contributed by atoms with van der Waals surface area (Å²) in [7, 11) is 3.17. The first-order chi connectivity index (χ1) is 11.8. The molecule has 2 unspecified atom stereocenters. The molecule has 2 aliphatic rings. The third kappa shape index (κ3) is 2.74. The number of carbonyl (C=O) groups is 1. The van der Waals surface area contributed by atoms with E-state index in [4.69, 9.17) is 11.5 Å². The predicted octanol–water partition coefficient (Wildman–Crippen LogP) is 1.29. The molecule has 0 spiro atoms. The van der Waals surface area contributed by atoms with Crippen LogP contribution in [0, 0.1) is 11.8 Å². The normalized spacial score (nSPS) is 32.9. The summed E-state index contributed by atoms with van der Waals surface area (Å²) in [6, 6.07) is 0. The third-order valence-corrected chi connectivity index (χ3v) is 5.74. The molecule has 2 aliphatic carbocycles. The molecule has 8 heteroatoms. The van der Waals surface area contributed by atoms with Gasteiger partial charge in [0.15, 0.2) is 12.1 Å². The van der Waals surface area contributed by atoms with E-state index in [1.165, 1.54) is 11.7 Å². The first-order valence-corrected chi connectivity index (χ1v) is 8.39. The quantitative estimate of drug-likeness (QED) is 0.559. The van der Waals surface area contributed by atoms with Crippen molar-refractivity contribution < 1.29 is 14.3 Å². The van der Waals surface area contributed by atoms with Gasteiger partial charge in [-0.25, -0.2) is 4.39 Å². The smallest absolute Gasteiger partial charge is 0.162 e. The molecule has 0 bridgehead atoms. The lowest BCUT2D eigenvalue weighted by Crippen LogP contribution is -2.37. The summed E-state index contributed by atoms with van der Waals surface area (Å²) in [6.07, 6.45) is 4.03. The number of nitrogens with two attached hydrogens (primary N) is 2. The number of nitrogens with zero attached hydrogens (tertiary/aromatic N) is 3. The molecule has 5 N–H and O–H groups in total. The fourth-order valence-corrected chi connectivity index (χ4v) is 4.69. The molecule has 2 atom stereocenters. The van der Waals surface area contributed by atoms with Gasteiger partial charge in [0.1, 0.15) is 17.1 Å². The highest BCUT2D eigenvalue weighted by Gasteiger charge is 2.52. The van der Waals surface area contributed by atoms with Crippen LogP contribution in [0.15, 0.2) is 17.0 Å². The van der Waals surface area contributed by atoms with E-state index in [2.05, 4.69) is 10.1 Å². The van der Waals surface area contributed by atoms with Crippen LogP contribution in [0.5, 0.6) is 0 Å². The molecule has 0 aromatic carbocycles. The number of hydrogen-bond donors (Lipinski definition) is 3. The van der Waals surface area contributed by atoms with E-state index < -0.39 is 11.4 Å². The Morgan fingerprint density at radius 2 is 2.04 bits per heavy atom. The molecule has 0 radical (unpaired) electrons. The fraction of sp³-hybridized carbons (Fsp3) is 0.588. The molecular weight excluding hydrogens is 325 g/mol. The van der Waals surface area contributed by atoms with E-state index in [0.29, 0.717) is 24.2 Å². The molecule has 2 saturated carbocycles. The van der Waals surface area contributed by atoms with Crippen molar-refractivity contribution in [3.63, 3.8) is 0 Å². The lowest BCUT2D eigenvalue weighted by atomic mass is 9.88. The van der Waals surface area contributed by atoms with Crippen molar-refractivity contribution >= 4 is 17.8 Å². The van der Waals surface area contributed by atoms with Gasteiger partial charge >= 0.3 is 0 Å². The minimum absolute atomic E-state index is 0.0246. The number of aldehydes is 1. The van der Waals surface area contributed by atoms with Gasteiger partial charge in [-0.2, -0.15) is 5.10 Å². The van der Waals surface area contributed by atoms with Gasteiger partial charge in [-0.1, -0.05) is 0 Å². The summed E-state index contributed by atoms with van der Waals surface area (Å²) in [5.74, 6) is 0.261. The fourth-order valence-electron chi connectivity index (χ4n) is 4.69. The number of rotatable bonds is 4. The Bertz CT molecular complexity index is 740. The van der Waals surface area contributed by atoms with E-state index >= 15 is 0 Å². The van der Waals surface area contributed by atoms with Crippen molar-refractivity contribution in [3.8, 4) is 0 Å². The predicted molar refractivity (Wildman–Crippen MR) is 92.9 cm³/mol. The second-order valence-electron chi connectivity index (χ2n) is 7.14. The average molecular weight is 349 g/mol. The van der Waals surface area contributed by atoms with Gasteiger partial charge in [-0.15, -0.1) is 0 Å². The summed E-state index contributed by atoms with van der Waals surface area (Å²) >= 11 is 0. The van der Waals surface area contributed by atoms with Crippen LogP contribution in [0.4, 0.5) is 10.2 Å². The Kier molecular flexibility index (Phi) is 4.40. The van der Waals surface area contributed by atoms with Crippen molar-refractivity contribution in [1.82, 2.24) is 9.78 Å². The molecule has 2 fully saturated rings. The number of aromatic nitrogens is 2. The number of aryl methyl sites for hydroxylation is 1. The third-order valence-electron chi connectivity index (χ3n) is 5.74. The van der Waals surface area contributed by atoms with Crippen LogP contribution < -0.4 is 11.5 Å². The van der Waals surface area contributed by atoms with Gasteiger partial charge in [-0.3, -0.25) is 14.5 Å². The maximum atomic E-state index is 13.9. The zero-order chi connectivity index (χ0) is 18.4. The monoisotopic (exact) mass is 349 g/mol. The molecule has 1 aromatic rings. The second-order valence-corrected chi connectivity index (χ2v) is 7.14. The van der Waals surface area contributed by atoms with Crippen LogP contribution in [-0.4, -0.2) is 39.5 Å². The van der Waals surface area contributed by atoms with Crippen LogP contribution in [0.1, 0.15) is 47.7 Å². The van der Waals surface area contributed by atoms with Crippen molar-refractivity contribution in [1.29, 1.82) is 0 Å². The molecule has 0 aliphatic heterocycles. The number of aliphatic hydroxyl groups is 1. The average Bonchev–Trinajstić information content (AvgIpc) is 3.18. The first kappa shape index (κ1) is 17.6. The second kappa shape index (κ2) is 6.25. The summed E-state index contributed by atoms with van der Waals surface area (Å²) in [5, 5.41) is 15.3. The Balaban J connectivity index is 1.80. The van der Waals surface area contributed by atoms with Crippen LogP contribution in [0.3, 0.4) is 0 Å². The van der Waals surface area contributed by atoms with Gasteiger partial charge in [0.05, 0.1) is 11.3 Å². The Morgan fingerprint density at radius 1 is 1.44 bits per heavy atom. The van der Waals surface area contributed by atoms with Crippen LogP contribution >= 0.6 is 0 Å². The highest BCUT2D eigenvalue weighted by Crippen LogP contribution is 2.54. The van der Waals surface area contributed by atoms with Crippen LogP contribution in [0.25, 0.3) is 0 Å². The van der Waals surface area contributed by atoms with Crippen LogP contribution in [0.2, 0.25) is 0 Å². The zero-order valence-electron chi connectivity index (χ0n) is 14.4. The Morgan fingerprint density at radius 3 is 2.52 bits per heavy atom. The summed E-state index contributed by atoms with van der Waals surface area (Å²) in [4.78, 5) is 15.3. The van der Waals surface area contributed by atoms with Crippen molar-refractivity contribution in [2.24, 2.45) is 29.6 Å². The van der Waals surface area contributed by atoms with Crippen molar-refractivity contribution in [3.05, 3.63) is 23.3 Å². The molecule has 3 rings (SSSR count). The van der Waals surface area contributed by atoms with Crippen molar-refractivity contribution in [2.45, 2.75) is 37.2 Å². The topological polar surface area (TPSA) is 120 Å². The minimum atomic E-state index is -1.29.